The Hall–Kier alpha value is -2.86. The number of amides is 1. The highest BCUT2D eigenvalue weighted by Gasteiger charge is 2.12. The van der Waals surface area contributed by atoms with Crippen molar-refractivity contribution in [3.05, 3.63) is 62.9 Å². The number of benzene rings is 2. The number of carbonyl (C=O) groups excluding carboxylic acids is 1. The summed E-state index contributed by atoms with van der Waals surface area (Å²) in [5.41, 5.74) is 2.70. The number of fused-ring (bicyclic) bond motifs is 1. The molecule has 0 fully saturated rings. The van der Waals surface area contributed by atoms with Crippen LogP contribution in [0.5, 0.6) is 0 Å². The van der Waals surface area contributed by atoms with Gasteiger partial charge < -0.3 is 4.57 Å². The van der Waals surface area contributed by atoms with Gasteiger partial charge in [-0.3, -0.25) is 4.79 Å². The number of hydrogen-bond donors (Lipinski definition) is 0. The molecule has 0 aliphatic heterocycles. The average Bonchev–Trinajstić information content (AvgIpc) is 2.96. The van der Waals surface area contributed by atoms with Gasteiger partial charge in [-0.1, -0.05) is 28.9 Å². The van der Waals surface area contributed by atoms with Crippen LogP contribution in [0.2, 0.25) is 5.02 Å². The van der Waals surface area contributed by atoms with E-state index in [1.54, 1.807) is 24.3 Å². The van der Waals surface area contributed by atoms with Crippen LogP contribution in [0.3, 0.4) is 0 Å². The summed E-state index contributed by atoms with van der Waals surface area (Å²) < 4.78 is 2.78. The molecule has 0 atom stereocenters. The Morgan fingerprint density at radius 1 is 1.32 bits per heavy atom. The Morgan fingerprint density at radius 2 is 2.04 bits per heavy atom. The quantitative estimate of drug-likeness (QED) is 0.646. The van der Waals surface area contributed by atoms with Crippen molar-refractivity contribution < 1.29 is 4.79 Å². The van der Waals surface area contributed by atoms with E-state index in [0.717, 1.165) is 15.8 Å². The number of aromatic nitrogens is 1. The monoisotopic (exact) mass is 365 g/mol. The Kier molecular flexibility index (Phi) is 4.72. The van der Waals surface area contributed by atoms with Gasteiger partial charge in [-0.05, 0) is 48.9 Å². The maximum atomic E-state index is 12.5. The number of nitrogens with zero attached hydrogens (tertiary/aromatic N) is 3. The highest BCUT2D eigenvalue weighted by molar-refractivity contribution is 7.16. The maximum absolute atomic E-state index is 12.5. The number of terminal acetylenes is 1. The average molecular weight is 366 g/mol. The van der Waals surface area contributed by atoms with Crippen LogP contribution in [0.15, 0.2) is 41.4 Å². The number of nitriles is 1. The van der Waals surface area contributed by atoms with Gasteiger partial charge in [0, 0.05) is 10.6 Å². The van der Waals surface area contributed by atoms with E-state index in [4.69, 9.17) is 23.3 Å². The molecular formula is C19H12ClN3OS. The SMILES string of the molecule is C#CCn1c(=NC(=O)c2ccc(C#N)cc2)sc2ccc(Cl)c(C)c21. The van der Waals surface area contributed by atoms with Gasteiger partial charge in [-0.15, -0.1) is 6.42 Å². The van der Waals surface area contributed by atoms with Crippen LogP contribution in [-0.2, 0) is 6.54 Å². The van der Waals surface area contributed by atoms with Crippen LogP contribution in [0, 0.1) is 30.6 Å². The smallest absolute Gasteiger partial charge is 0.279 e. The van der Waals surface area contributed by atoms with Crippen molar-refractivity contribution in [3.63, 3.8) is 0 Å². The lowest BCUT2D eigenvalue weighted by Crippen LogP contribution is -2.17. The first-order valence-corrected chi connectivity index (χ1v) is 8.55. The Morgan fingerprint density at radius 3 is 2.68 bits per heavy atom. The lowest BCUT2D eigenvalue weighted by atomic mass is 10.1. The molecule has 25 heavy (non-hydrogen) atoms. The van der Waals surface area contributed by atoms with Crippen molar-refractivity contribution in [2.75, 3.05) is 0 Å². The molecule has 0 radical (unpaired) electrons. The minimum atomic E-state index is -0.384. The lowest BCUT2D eigenvalue weighted by Gasteiger charge is -2.04. The fourth-order valence-electron chi connectivity index (χ4n) is 2.48. The second kappa shape index (κ2) is 6.94. The molecule has 0 N–H and O–H groups in total. The van der Waals surface area contributed by atoms with Gasteiger partial charge in [0.05, 0.1) is 28.4 Å². The van der Waals surface area contributed by atoms with Crippen LogP contribution >= 0.6 is 22.9 Å². The van der Waals surface area contributed by atoms with Crippen molar-refractivity contribution in [2.45, 2.75) is 13.5 Å². The zero-order chi connectivity index (χ0) is 18.0. The molecule has 3 aromatic rings. The van der Waals surface area contributed by atoms with E-state index in [-0.39, 0.29) is 5.91 Å². The van der Waals surface area contributed by atoms with Crippen molar-refractivity contribution in [2.24, 2.45) is 4.99 Å². The summed E-state index contributed by atoms with van der Waals surface area (Å²) in [7, 11) is 0. The van der Waals surface area contributed by atoms with Gasteiger partial charge >= 0.3 is 0 Å². The highest BCUT2D eigenvalue weighted by atomic mass is 35.5. The standard InChI is InChI=1S/C19H12ClN3OS/c1-3-10-23-17-12(2)15(20)8-9-16(17)25-19(23)22-18(24)14-6-4-13(11-21)5-7-14/h1,4-9H,10H2,2H3. The molecule has 1 aromatic heterocycles. The van der Waals surface area contributed by atoms with Crippen LogP contribution < -0.4 is 4.80 Å². The van der Waals surface area contributed by atoms with Crippen LogP contribution in [0.25, 0.3) is 10.2 Å². The summed E-state index contributed by atoms with van der Waals surface area (Å²) in [6.07, 6.45) is 5.49. The third-order valence-corrected chi connectivity index (χ3v) is 5.19. The first-order chi connectivity index (χ1) is 12.0. The summed E-state index contributed by atoms with van der Waals surface area (Å²) in [6.45, 7) is 2.21. The van der Waals surface area contributed by atoms with E-state index < -0.39 is 0 Å². The van der Waals surface area contributed by atoms with Crippen LogP contribution in [0.4, 0.5) is 0 Å². The molecule has 2 aromatic carbocycles. The second-order valence-corrected chi connectivity index (χ2v) is 6.72. The number of hydrogen-bond acceptors (Lipinski definition) is 3. The van der Waals surface area contributed by atoms with E-state index in [0.29, 0.717) is 27.5 Å². The zero-order valence-electron chi connectivity index (χ0n) is 13.3. The molecule has 6 heteroatoms. The first-order valence-electron chi connectivity index (χ1n) is 7.36. The van der Waals surface area contributed by atoms with Crippen molar-refractivity contribution in [3.8, 4) is 18.4 Å². The zero-order valence-corrected chi connectivity index (χ0v) is 14.9. The number of rotatable bonds is 2. The van der Waals surface area contributed by atoms with Crippen LogP contribution in [-0.4, -0.2) is 10.5 Å². The second-order valence-electron chi connectivity index (χ2n) is 5.30. The van der Waals surface area contributed by atoms with E-state index in [1.165, 1.54) is 11.3 Å². The summed E-state index contributed by atoms with van der Waals surface area (Å²) in [6, 6.07) is 12.1. The molecule has 1 amide bonds. The molecule has 0 spiro atoms. The van der Waals surface area contributed by atoms with Gasteiger partial charge in [-0.25, -0.2) is 0 Å². The first kappa shape index (κ1) is 17.0. The van der Waals surface area contributed by atoms with Gasteiger partial charge in [0.15, 0.2) is 4.80 Å². The van der Waals surface area contributed by atoms with Crippen molar-refractivity contribution >= 4 is 39.1 Å². The van der Waals surface area contributed by atoms with E-state index >= 15 is 0 Å². The van der Waals surface area contributed by atoms with Gasteiger partial charge in [0.25, 0.3) is 5.91 Å². The largest absolute Gasteiger partial charge is 0.304 e. The highest BCUT2D eigenvalue weighted by Crippen LogP contribution is 2.27. The Labute approximate surface area is 153 Å². The molecule has 0 aliphatic carbocycles. The Bertz CT molecular complexity index is 1120. The van der Waals surface area contributed by atoms with Gasteiger partial charge in [0.2, 0.25) is 0 Å². The molecule has 3 rings (SSSR count). The molecular weight excluding hydrogens is 354 g/mol. The Balaban J connectivity index is 2.17. The minimum absolute atomic E-state index is 0.292. The van der Waals surface area contributed by atoms with E-state index in [9.17, 15) is 4.79 Å². The molecule has 4 nitrogen and oxygen atoms in total. The fraction of sp³-hybridized carbons (Fsp3) is 0.105. The third-order valence-electron chi connectivity index (χ3n) is 3.74. The molecule has 0 aliphatic rings. The third kappa shape index (κ3) is 3.21. The number of aryl methyl sites for hydroxylation is 1. The number of thiazole rings is 1. The number of halogens is 1. The summed E-state index contributed by atoms with van der Waals surface area (Å²) >= 11 is 7.60. The minimum Gasteiger partial charge on any atom is -0.304 e. The lowest BCUT2D eigenvalue weighted by molar-refractivity contribution is 0.0998. The summed E-state index contributed by atoms with van der Waals surface area (Å²) in [4.78, 5) is 17.2. The van der Waals surface area contributed by atoms with E-state index in [1.807, 2.05) is 29.7 Å². The molecule has 0 saturated carbocycles. The maximum Gasteiger partial charge on any atom is 0.279 e. The van der Waals surface area contributed by atoms with Crippen LogP contribution in [0.1, 0.15) is 21.5 Å². The molecule has 0 bridgehead atoms. The van der Waals surface area contributed by atoms with Gasteiger partial charge in [0.1, 0.15) is 0 Å². The van der Waals surface area contributed by atoms with Crippen molar-refractivity contribution in [1.29, 1.82) is 5.26 Å². The molecule has 0 unspecified atom stereocenters. The van der Waals surface area contributed by atoms with Gasteiger partial charge in [-0.2, -0.15) is 10.3 Å². The summed E-state index contributed by atoms with van der Waals surface area (Å²) in [5, 5.41) is 9.48. The molecule has 0 saturated heterocycles. The van der Waals surface area contributed by atoms with E-state index in [2.05, 4.69) is 10.9 Å². The fourth-order valence-corrected chi connectivity index (χ4v) is 3.72. The summed E-state index contributed by atoms with van der Waals surface area (Å²) in [5.74, 6) is 2.21. The normalized spacial score (nSPS) is 11.3. The predicted molar refractivity (Wildman–Crippen MR) is 99.4 cm³/mol. The molecule has 1 heterocycles. The topological polar surface area (TPSA) is 58.1 Å². The van der Waals surface area contributed by atoms with Crippen molar-refractivity contribution in [1.82, 2.24) is 4.57 Å². The predicted octanol–water partition coefficient (Wildman–Crippen LogP) is 3.91. The number of carbonyl (C=O) groups is 1. The molecule has 122 valence electrons.